The van der Waals surface area contributed by atoms with E-state index in [4.69, 9.17) is 9.47 Å². The molecule has 1 aromatic rings. The second-order valence-corrected chi connectivity index (χ2v) is 6.54. The van der Waals surface area contributed by atoms with Crippen LogP contribution in [0.2, 0.25) is 0 Å². The molecule has 3 rings (SSSR count). The van der Waals surface area contributed by atoms with Gasteiger partial charge in [0, 0.05) is 18.5 Å². The normalized spacial score (nSPS) is 19.2. The predicted molar refractivity (Wildman–Crippen MR) is 87.5 cm³/mol. The Labute approximate surface area is 141 Å². The third-order valence-electron chi connectivity index (χ3n) is 4.86. The molecule has 0 atom stereocenters. The summed E-state index contributed by atoms with van der Waals surface area (Å²) in [5.74, 6) is 0.0992. The Morgan fingerprint density at radius 2 is 1.75 bits per heavy atom. The van der Waals surface area contributed by atoms with Crippen molar-refractivity contribution < 1.29 is 24.2 Å². The number of carbonyl (C=O) groups excluding carboxylic acids is 1. The fourth-order valence-electron chi connectivity index (χ4n) is 3.35. The Morgan fingerprint density at radius 1 is 1.04 bits per heavy atom. The first-order valence-corrected chi connectivity index (χ1v) is 8.52. The molecule has 0 aromatic heterocycles. The first kappa shape index (κ1) is 16.6. The van der Waals surface area contributed by atoms with E-state index in [0.717, 1.165) is 25.7 Å². The van der Waals surface area contributed by atoms with Crippen molar-refractivity contribution in [3.63, 3.8) is 0 Å². The fourth-order valence-corrected chi connectivity index (χ4v) is 3.35. The van der Waals surface area contributed by atoms with Gasteiger partial charge < -0.3 is 19.9 Å². The second kappa shape index (κ2) is 7.11. The largest absolute Gasteiger partial charge is 0.490 e. The number of aliphatic carboxylic acids is 1. The maximum atomic E-state index is 12.4. The molecule has 1 aliphatic carbocycles. The first-order chi connectivity index (χ1) is 11.6. The highest BCUT2D eigenvalue weighted by atomic mass is 16.5. The molecular weight excluding hydrogens is 310 g/mol. The fraction of sp³-hybridized carbons (Fsp3) is 0.556. The average molecular weight is 333 g/mol. The molecule has 0 saturated heterocycles. The Balaban J connectivity index is 1.68. The van der Waals surface area contributed by atoms with Gasteiger partial charge in [-0.1, -0.05) is 19.3 Å². The molecule has 1 heterocycles. The molecule has 24 heavy (non-hydrogen) atoms. The van der Waals surface area contributed by atoms with Crippen LogP contribution in [0.3, 0.4) is 0 Å². The number of benzene rings is 1. The van der Waals surface area contributed by atoms with Crippen LogP contribution >= 0.6 is 0 Å². The highest BCUT2D eigenvalue weighted by molar-refractivity contribution is 5.95. The molecule has 130 valence electrons. The van der Waals surface area contributed by atoms with Gasteiger partial charge in [-0.05, 0) is 31.0 Å². The number of carboxylic acid groups (broad SMARTS) is 1. The molecule has 1 fully saturated rings. The number of hydrogen-bond donors (Lipinski definition) is 2. The molecular formula is C18H23NO5. The topological polar surface area (TPSA) is 84.9 Å². The average Bonchev–Trinajstić information content (AvgIpc) is 2.85. The molecule has 0 unspecified atom stereocenters. The highest BCUT2D eigenvalue weighted by Gasteiger charge is 2.39. The van der Waals surface area contributed by atoms with Gasteiger partial charge in [-0.2, -0.15) is 0 Å². The van der Waals surface area contributed by atoms with Crippen LogP contribution in [0.15, 0.2) is 18.2 Å². The summed E-state index contributed by atoms with van der Waals surface area (Å²) in [4.78, 5) is 24.1. The Morgan fingerprint density at radius 3 is 2.46 bits per heavy atom. The van der Waals surface area contributed by atoms with Gasteiger partial charge in [0.05, 0.1) is 18.6 Å². The molecule has 1 aliphatic heterocycles. The van der Waals surface area contributed by atoms with Crippen molar-refractivity contribution in [2.45, 2.75) is 38.5 Å². The number of ether oxygens (including phenoxy) is 2. The van der Waals surface area contributed by atoms with E-state index in [2.05, 4.69) is 5.32 Å². The minimum Gasteiger partial charge on any atom is -0.490 e. The standard InChI is InChI=1S/C18H23NO5/c20-16(19-12-18(17(21)22)7-2-1-3-8-18)13-5-6-14-15(11-13)24-10-4-9-23-14/h5-6,11H,1-4,7-10,12H2,(H,19,20)(H,21,22). The minimum absolute atomic E-state index is 0.162. The van der Waals surface area contributed by atoms with Gasteiger partial charge in [-0.15, -0.1) is 0 Å². The number of hydrogen-bond acceptors (Lipinski definition) is 4. The van der Waals surface area contributed by atoms with Crippen molar-refractivity contribution in [1.29, 1.82) is 0 Å². The van der Waals surface area contributed by atoms with Crippen LogP contribution in [0.5, 0.6) is 11.5 Å². The van der Waals surface area contributed by atoms with E-state index in [1.165, 1.54) is 0 Å². The zero-order valence-electron chi connectivity index (χ0n) is 13.7. The van der Waals surface area contributed by atoms with Gasteiger partial charge in [0.2, 0.25) is 0 Å². The van der Waals surface area contributed by atoms with Crippen molar-refractivity contribution in [2.75, 3.05) is 19.8 Å². The lowest BCUT2D eigenvalue weighted by atomic mass is 9.74. The van der Waals surface area contributed by atoms with Crippen LogP contribution in [0, 0.1) is 5.41 Å². The molecule has 0 radical (unpaired) electrons. The van der Waals surface area contributed by atoms with Gasteiger partial charge in [-0.25, -0.2) is 0 Å². The molecule has 6 nitrogen and oxygen atoms in total. The molecule has 0 spiro atoms. The number of nitrogens with one attached hydrogen (secondary N) is 1. The summed E-state index contributed by atoms with van der Waals surface area (Å²) < 4.78 is 11.1. The lowest BCUT2D eigenvalue weighted by molar-refractivity contribution is -0.150. The van der Waals surface area contributed by atoms with E-state index in [1.807, 2.05) is 0 Å². The summed E-state index contributed by atoms with van der Waals surface area (Å²) in [5.41, 5.74) is -0.380. The molecule has 0 bridgehead atoms. The van der Waals surface area contributed by atoms with Crippen LogP contribution in [0.4, 0.5) is 0 Å². The smallest absolute Gasteiger partial charge is 0.311 e. The quantitative estimate of drug-likeness (QED) is 0.885. The minimum atomic E-state index is -0.834. The van der Waals surface area contributed by atoms with Crippen molar-refractivity contribution in [1.82, 2.24) is 5.32 Å². The van der Waals surface area contributed by atoms with E-state index >= 15 is 0 Å². The van der Waals surface area contributed by atoms with Gasteiger partial charge in [0.25, 0.3) is 5.91 Å². The van der Waals surface area contributed by atoms with E-state index in [9.17, 15) is 14.7 Å². The summed E-state index contributed by atoms with van der Waals surface area (Å²) in [7, 11) is 0. The van der Waals surface area contributed by atoms with Crippen molar-refractivity contribution in [2.24, 2.45) is 5.41 Å². The zero-order valence-corrected chi connectivity index (χ0v) is 13.7. The number of amides is 1. The summed E-state index contributed by atoms with van der Waals surface area (Å²) >= 11 is 0. The number of carboxylic acids is 1. The molecule has 2 aliphatic rings. The lowest BCUT2D eigenvalue weighted by Crippen LogP contribution is -2.44. The summed E-state index contributed by atoms with van der Waals surface area (Å²) in [6.07, 6.45) is 4.88. The van der Waals surface area contributed by atoms with E-state index in [1.54, 1.807) is 18.2 Å². The number of fused-ring (bicyclic) bond motifs is 1. The first-order valence-electron chi connectivity index (χ1n) is 8.52. The Kier molecular flexibility index (Phi) is 4.92. The predicted octanol–water partition coefficient (Wildman–Crippen LogP) is 2.61. The third kappa shape index (κ3) is 3.47. The number of rotatable bonds is 4. The summed E-state index contributed by atoms with van der Waals surface area (Å²) in [6.45, 7) is 1.31. The van der Waals surface area contributed by atoms with Crippen LogP contribution < -0.4 is 14.8 Å². The lowest BCUT2D eigenvalue weighted by Gasteiger charge is -2.33. The van der Waals surface area contributed by atoms with Gasteiger partial charge >= 0.3 is 5.97 Å². The van der Waals surface area contributed by atoms with Crippen LogP contribution in [-0.4, -0.2) is 36.7 Å². The molecule has 2 N–H and O–H groups in total. The van der Waals surface area contributed by atoms with Gasteiger partial charge in [-0.3, -0.25) is 9.59 Å². The Bertz CT molecular complexity index is 622. The Hall–Kier alpha value is -2.24. The van der Waals surface area contributed by atoms with E-state index < -0.39 is 11.4 Å². The molecule has 1 amide bonds. The van der Waals surface area contributed by atoms with Crippen molar-refractivity contribution >= 4 is 11.9 Å². The number of carbonyl (C=O) groups is 2. The monoisotopic (exact) mass is 333 g/mol. The molecule has 1 aromatic carbocycles. The van der Waals surface area contributed by atoms with E-state index in [0.29, 0.717) is 43.1 Å². The third-order valence-corrected chi connectivity index (χ3v) is 4.86. The molecule has 1 saturated carbocycles. The van der Waals surface area contributed by atoms with Crippen LogP contribution in [0.25, 0.3) is 0 Å². The second-order valence-electron chi connectivity index (χ2n) is 6.54. The zero-order chi connectivity index (χ0) is 17.0. The SMILES string of the molecule is O=C(NCC1(C(=O)O)CCCCC1)c1ccc2c(c1)OCCCO2. The van der Waals surface area contributed by atoms with Crippen LogP contribution in [-0.2, 0) is 4.79 Å². The van der Waals surface area contributed by atoms with Crippen molar-refractivity contribution in [3.05, 3.63) is 23.8 Å². The summed E-state index contributed by atoms with van der Waals surface area (Å²) in [5, 5.41) is 12.4. The summed E-state index contributed by atoms with van der Waals surface area (Å²) in [6, 6.07) is 5.06. The van der Waals surface area contributed by atoms with Gasteiger partial charge in [0.15, 0.2) is 11.5 Å². The maximum Gasteiger partial charge on any atom is 0.311 e. The van der Waals surface area contributed by atoms with Gasteiger partial charge in [0.1, 0.15) is 0 Å². The maximum absolute atomic E-state index is 12.4. The molecule has 6 heteroatoms. The van der Waals surface area contributed by atoms with Crippen LogP contribution in [0.1, 0.15) is 48.9 Å². The highest BCUT2D eigenvalue weighted by Crippen LogP contribution is 2.36. The van der Waals surface area contributed by atoms with Crippen molar-refractivity contribution in [3.8, 4) is 11.5 Å². The van der Waals surface area contributed by atoms with E-state index in [-0.39, 0.29) is 12.5 Å².